The predicted octanol–water partition coefficient (Wildman–Crippen LogP) is 2.32. The molecule has 2 rings (SSSR count). The van der Waals surface area contributed by atoms with E-state index in [0.29, 0.717) is 11.3 Å². The molecule has 5 heteroatoms. The van der Waals surface area contributed by atoms with Crippen molar-refractivity contribution in [3.63, 3.8) is 0 Å². The smallest absolute Gasteiger partial charge is 0.345 e. The van der Waals surface area contributed by atoms with Gasteiger partial charge in [-0.05, 0) is 24.3 Å². The van der Waals surface area contributed by atoms with Gasteiger partial charge in [-0.15, -0.1) is 11.3 Å². The molecule has 0 aliphatic heterocycles. The van der Waals surface area contributed by atoms with Crippen LogP contribution in [0.3, 0.4) is 0 Å². The summed E-state index contributed by atoms with van der Waals surface area (Å²) in [5, 5.41) is 8.78. The van der Waals surface area contributed by atoms with Gasteiger partial charge in [0.05, 0.1) is 10.6 Å². The highest BCUT2D eigenvalue weighted by molar-refractivity contribution is 7.17. The number of thiophene rings is 1. The molecule has 2 heterocycles. The number of aromatic nitrogens is 1. The van der Waals surface area contributed by atoms with Crippen LogP contribution >= 0.6 is 11.3 Å². The number of carbonyl (C=O) groups excluding carboxylic acids is 1. The van der Waals surface area contributed by atoms with E-state index in [1.54, 1.807) is 18.2 Å². The summed E-state index contributed by atoms with van der Waals surface area (Å²) >= 11 is 1.14. The number of aldehydes is 1. The molecule has 0 unspecified atom stereocenters. The number of carboxylic acids is 1. The third-order valence-electron chi connectivity index (χ3n) is 1.99. The molecular formula is C11H7NO3S. The van der Waals surface area contributed by atoms with E-state index in [1.165, 1.54) is 12.3 Å². The molecule has 0 bridgehead atoms. The molecule has 2 aromatic heterocycles. The second kappa shape index (κ2) is 4.24. The molecule has 0 saturated heterocycles. The summed E-state index contributed by atoms with van der Waals surface area (Å²) in [6.07, 6.45) is 2.26. The van der Waals surface area contributed by atoms with Crippen molar-refractivity contribution < 1.29 is 14.7 Å². The highest BCUT2D eigenvalue weighted by Gasteiger charge is 2.09. The molecule has 0 fully saturated rings. The number of hydrogen-bond donors (Lipinski definition) is 1. The summed E-state index contributed by atoms with van der Waals surface area (Å²) in [5.41, 5.74) is 1.14. The predicted molar refractivity (Wildman–Crippen MR) is 59.9 cm³/mol. The van der Waals surface area contributed by atoms with Gasteiger partial charge in [-0.2, -0.15) is 0 Å². The number of nitrogens with zero attached hydrogens (tertiary/aromatic N) is 1. The van der Waals surface area contributed by atoms with Crippen molar-refractivity contribution in [1.29, 1.82) is 0 Å². The highest BCUT2D eigenvalue weighted by atomic mass is 32.1. The number of carbonyl (C=O) groups is 2. The first-order chi connectivity index (χ1) is 7.70. The number of aromatic carboxylic acids is 1. The van der Waals surface area contributed by atoms with Crippen LogP contribution in [0.25, 0.3) is 10.6 Å². The molecule has 4 nitrogen and oxygen atoms in total. The van der Waals surface area contributed by atoms with E-state index in [1.807, 2.05) is 0 Å². The Balaban J connectivity index is 2.42. The Bertz CT molecular complexity index is 548. The molecule has 0 spiro atoms. The molecule has 0 aliphatic rings. The van der Waals surface area contributed by atoms with Crippen LogP contribution in [-0.4, -0.2) is 22.3 Å². The van der Waals surface area contributed by atoms with Crippen molar-refractivity contribution in [2.24, 2.45) is 0 Å². The first-order valence-electron chi connectivity index (χ1n) is 4.45. The molecule has 0 atom stereocenters. The van der Waals surface area contributed by atoms with Gasteiger partial charge in [0.25, 0.3) is 0 Å². The van der Waals surface area contributed by atoms with Gasteiger partial charge < -0.3 is 5.11 Å². The monoisotopic (exact) mass is 233 g/mol. The van der Waals surface area contributed by atoms with E-state index in [2.05, 4.69) is 4.98 Å². The summed E-state index contributed by atoms with van der Waals surface area (Å²) in [5.74, 6) is -0.956. The van der Waals surface area contributed by atoms with Crippen LogP contribution in [0.1, 0.15) is 20.0 Å². The van der Waals surface area contributed by atoms with Crippen molar-refractivity contribution in [1.82, 2.24) is 4.98 Å². The van der Waals surface area contributed by atoms with Gasteiger partial charge in [0.15, 0.2) is 0 Å². The van der Waals surface area contributed by atoms with Crippen LogP contribution < -0.4 is 0 Å². The lowest BCUT2D eigenvalue weighted by molar-refractivity contribution is 0.0702. The first-order valence-corrected chi connectivity index (χ1v) is 5.27. The minimum atomic E-state index is -0.956. The van der Waals surface area contributed by atoms with Gasteiger partial charge >= 0.3 is 5.97 Å². The van der Waals surface area contributed by atoms with Crippen LogP contribution in [0.4, 0.5) is 0 Å². The van der Waals surface area contributed by atoms with Crippen LogP contribution in [0, 0.1) is 0 Å². The summed E-state index contributed by atoms with van der Waals surface area (Å²) in [7, 11) is 0. The van der Waals surface area contributed by atoms with Gasteiger partial charge in [0.2, 0.25) is 0 Å². The molecule has 16 heavy (non-hydrogen) atoms. The van der Waals surface area contributed by atoms with Crippen molar-refractivity contribution in [2.45, 2.75) is 0 Å². The quantitative estimate of drug-likeness (QED) is 0.826. The fraction of sp³-hybridized carbons (Fsp3) is 0. The fourth-order valence-electron chi connectivity index (χ4n) is 1.25. The van der Waals surface area contributed by atoms with Gasteiger partial charge in [0.1, 0.15) is 11.2 Å². The van der Waals surface area contributed by atoms with Crippen molar-refractivity contribution in [3.05, 3.63) is 40.9 Å². The Labute approximate surface area is 95.2 Å². The topological polar surface area (TPSA) is 67.3 Å². The maximum absolute atomic E-state index is 10.7. The number of rotatable bonds is 3. The normalized spacial score (nSPS) is 10.0. The molecule has 0 aliphatic carbocycles. The van der Waals surface area contributed by atoms with Crippen LogP contribution in [0.5, 0.6) is 0 Å². The zero-order valence-corrected chi connectivity index (χ0v) is 8.90. The first kappa shape index (κ1) is 10.5. The van der Waals surface area contributed by atoms with E-state index in [0.717, 1.165) is 22.5 Å². The average Bonchev–Trinajstić information content (AvgIpc) is 2.78. The Hall–Kier alpha value is -2.01. The minimum Gasteiger partial charge on any atom is -0.477 e. The van der Waals surface area contributed by atoms with Crippen molar-refractivity contribution in [3.8, 4) is 10.6 Å². The maximum Gasteiger partial charge on any atom is 0.345 e. The standard InChI is InChI=1S/C11H7NO3S/c13-6-7-3-4-12-8(5-7)9-1-2-10(16-9)11(14)15/h1-6H,(H,14,15). The Morgan fingerprint density at radius 1 is 1.38 bits per heavy atom. The lowest BCUT2D eigenvalue weighted by Gasteiger charge is -1.96. The third kappa shape index (κ3) is 1.99. The number of hydrogen-bond acceptors (Lipinski definition) is 4. The maximum atomic E-state index is 10.7. The van der Waals surface area contributed by atoms with Gasteiger partial charge in [-0.1, -0.05) is 0 Å². The van der Waals surface area contributed by atoms with Gasteiger partial charge in [0, 0.05) is 11.8 Å². The number of pyridine rings is 1. The largest absolute Gasteiger partial charge is 0.477 e. The zero-order chi connectivity index (χ0) is 11.5. The summed E-state index contributed by atoms with van der Waals surface area (Å²) in [6.45, 7) is 0. The molecular weight excluding hydrogens is 226 g/mol. The fourth-order valence-corrected chi connectivity index (χ4v) is 2.06. The molecule has 1 N–H and O–H groups in total. The van der Waals surface area contributed by atoms with E-state index in [9.17, 15) is 9.59 Å². The van der Waals surface area contributed by atoms with Crippen LogP contribution in [0.15, 0.2) is 30.5 Å². The lowest BCUT2D eigenvalue weighted by atomic mass is 10.2. The molecule has 0 radical (unpaired) electrons. The highest BCUT2D eigenvalue weighted by Crippen LogP contribution is 2.26. The van der Waals surface area contributed by atoms with Crippen LogP contribution in [0.2, 0.25) is 0 Å². The SMILES string of the molecule is O=Cc1ccnc(-c2ccc(C(=O)O)s2)c1. The van der Waals surface area contributed by atoms with E-state index < -0.39 is 5.97 Å². The van der Waals surface area contributed by atoms with Crippen molar-refractivity contribution >= 4 is 23.6 Å². The minimum absolute atomic E-state index is 0.258. The van der Waals surface area contributed by atoms with Gasteiger partial charge in [-0.3, -0.25) is 9.78 Å². The van der Waals surface area contributed by atoms with E-state index >= 15 is 0 Å². The Kier molecular flexibility index (Phi) is 2.78. The summed E-state index contributed by atoms with van der Waals surface area (Å²) in [6, 6.07) is 6.44. The van der Waals surface area contributed by atoms with E-state index in [4.69, 9.17) is 5.11 Å². The molecule has 0 saturated carbocycles. The molecule has 0 aromatic carbocycles. The Morgan fingerprint density at radius 2 is 2.19 bits per heavy atom. The molecule has 80 valence electrons. The summed E-state index contributed by atoms with van der Waals surface area (Å²) < 4.78 is 0. The second-order valence-corrected chi connectivity index (χ2v) is 4.15. The van der Waals surface area contributed by atoms with Crippen molar-refractivity contribution in [2.75, 3.05) is 0 Å². The van der Waals surface area contributed by atoms with E-state index in [-0.39, 0.29) is 4.88 Å². The zero-order valence-electron chi connectivity index (χ0n) is 8.08. The second-order valence-electron chi connectivity index (χ2n) is 3.06. The molecule has 2 aromatic rings. The van der Waals surface area contributed by atoms with Gasteiger partial charge in [-0.25, -0.2) is 4.79 Å². The molecule has 0 amide bonds. The Morgan fingerprint density at radius 3 is 2.81 bits per heavy atom. The van der Waals surface area contributed by atoms with Crippen LogP contribution in [-0.2, 0) is 0 Å². The number of carboxylic acid groups (broad SMARTS) is 1. The average molecular weight is 233 g/mol. The summed E-state index contributed by atoms with van der Waals surface area (Å²) in [4.78, 5) is 26.4. The third-order valence-corrected chi connectivity index (χ3v) is 3.09. The lowest BCUT2D eigenvalue weighted by Crippen LogP contribution is -1.89.